The third kappa shape index (κ3) is 5.07. The zero-order chi connectivity index (χ0) is 31.9. The molecule has 3 atom stereocenters. The van der Waals surface area contributed by atoms with Crippen molar-refractivity contribution in [2.24, 2.45) is 4.99 Å². The molecule has 0 fully saturated rings. The van der Waals surface area contributed by atoms with Crippen LogP contribution in [0.1, 0.15) is 69.7 Å². The Kier molecular flexibility index (Phi) is 7.12. The lowest BCUT2D eigenvalue weighted by atomic mass is 9.89. The molecule has 8 bridgehead atoms. The molecular weight excluding hydrogens is 585 g/mol. The summed E-state index contributed by atoms with van der Waals surface area (Å²) >= 11 is 0. The van der Waals surface area contributed by atoms with Crippen LogP contribution in [-0.4, -0.2) is 26.7 Å². The molecule has 0 amide bonds. The van der Waals surface area contributed by atoms with Crippen LogP contribution in [0.5, 0.6) is 0 Å². The van der Waals surface area contributed by atoms with Crippen molar-refractivity contribution < 1.29 is 0 Å². The van der Waals surface area contributed by atoms with Crippen LogP contribution < -0.4 is 10.7 Å². The number of aromatic nitrogens is 3. The van der Waals surface area contributed by atoms with E-state index >= 15 is 0 Å². The fraction of sp³-hybridized carbons (Fsp3) is 0.114. The smallest absolute Gasteiger partial charge is 0.0778 e. The average Bonchev–Trinajstić information content (AvgIpc) is 3.98. The molecule has 2 aliphatic heterocycles. The van der Waals surface area contributed by atoms with Crippen LogP contribution in [0.15, 0.2) is 163 Å². The molecule has 0 radical (unpaired) electrons. The molecule has 0 spiro atoms. The summed E-state index contributed by atoms with van der Waals surface area (Å²) in [4.78, 5) is 17.3. The summed E-state index contributed by atoms with van der Waals surface area (Å²) in [5.41, 5.74) is 13.0. The van der Waals surface area contributed by atoms with Crippen LogP contribution in [0.2, 0.25) is 0 Å². The molecule has 3 unspecified atom stereocenters. The summed E-state index contributed by atoms with van der Waals surface area (Å²) in [5.74, 6) is 0.0493. The van der Waals surface area contributed by atoms with Gasteiger partial charge in [-0.3, -0.25) is 4.99 Å². The summed E-state index contributed by atoms with van der Waals surface area (Å²) in [6.45, 7) is 0. The van der Waals surface area contributed by atoms with E-state index < -0.39 is 0 Å². The van der Waals surface area contributed by atoms with Gasteiger partial charge in [-0.1, -0.05) is 121 Å². The number of hydrogen-bond donors (Lipinski definition) is 3. The lowest BCUT2D eigenvalue weighted by molar-refractivity contribution is 0.816. The summed E-state index contributed by atoms with van der Waals surface area (Å²) < 4.78 is 0. The van der Waals surface area contributed by atoms with E-state index in [4.69, 9.17) is 4.99 Å². The molecular formula is C44H36N4. The first-order chi connectivity index (χ1) is 23.8. The van der Waals surface area contributed by atoms with Crippen LogP contribution in [0.4, 0.5) is 0 Å². The van der Waals surface area contributed by atoms with E-state index in [1.165, 1.54) is 33.7 Å². The monoisotopic (exact) mass is 620 g/mol. The predicted octanol–water partition coefficient (Wildman–Crippen LogP) is 8.05. The second kappa shape index (κ2) is 12.1. The topological polar surface area (TPSA) is 59.7 Å². The van der Waals surface area contributed by atoms with Gasteiger partial charge in [0.05, 0.1) is 17.9 Å². The van der Waals surface area contributed by atoms with Gasteiger partial charge in [-0.15, -0.1) is 0 Å². The molecule has 0 aliphatic carbocycles. The highest BCUT2D eigenvalue weighted by Crippen LogP contribution is 2.38. The van der Waals surface area contributed by atoms with Gasteiger partial charge in [0.25, 0.3) is 0 Å². The third-order valence-corrected chi connectivity index (χ3v) is 9.96. The minimum atomic E-state index is 0.00513. The van der Waals surface area contributed by atoms with E-state index in [0.717, 1.165) is 51.8 Å². The Balaban J connectivity index is 1.36. The summed E-state index contributed by atoms with van der Waals surface area (Å²) in [6.07, 6.45) is 1.90. The highest BCUT2D eigenvalue weighted by molar-refractivity contribution is 5.96. The van der Waals surface area contributed by atoms with Gasteiger partial charge in [-0.05, 0) is 71.5 Å². The normalized spacial score (nSPS) is 18.9. The Bertz CT molecular complexity index is 2340. The van der Waals surface area contributed by atoms with Gasteiger partial charge >= 0.3 is 0 Å². The van der Waals surface area contributed by atoms with E-state index in [2.05, 4.69) is 173 Å². The highest BCUT2D eigenvalue weighted by atomic mass is 14.9. The number of rotatable bonds is 4. The predicted molar refractivity (Wildman–Crippen MR) is 195 cm³/mol. The number of nitrogens with zero attached hydrogens (tertiary/aromatic N) is 1. The van der Waals surface area contributed by atoms with Crippen molar-refractivity contribution in [1.29, 1.82) is 0 Å². The molecule has 4 nitrogen and oxygen atoms in total. The lowest BCUT2D eigenvalue weighted by Crippen LogP contribution is -2.21. The number of aliphatic imine (C=N–C) groups is 1. The maximum Gasteiger partial charge on any atom is 0.0778 e. The first kappa shape index (κ1) is 28.4. The lowest BCUT2D eigenvalue weighted by Gasteiger charge is -2.19. The molecule has 9 rings (SSSR count). The van der Waals surface area contributed by atoms with E-state index in [9.17, 15) is 0 Å². The van der Waals surface area contributed by atoms with Crippen LogP contribution in [0.25, 0.3) is 11.1 Å². The van der Waals surface area contributed by atoms with Crippen molar-refractivity contribution in [1.82, 2.24) is 15.0 Å². The van der Waals surface area contributed by atoms with Gasteiger partial charge in [-0.25, -0.2) is 0 Å². The summed E-state index contributed by atoms with van der Waals surface area (Å²) in [6, 6.07) is 56.7. The molecule has 3 N–H and O–H groups in total. The number of nitrogens with one attached hydrogen (secondary N) is 3. The Labute approximate surface area is 280 Å². The molecule has 0 saturated carbocycles. The molecule has 4 aromatic carbocycles. The molecule has 232 valence electrons. The van der Waals surface area contributed by atoms with Crippen molar-refractivity contribution in [2.45, 2.75) is 30.7 Å². The van der Waals surface area contributed by atoms with Crippen LogP contribution in [-0.2, 0) is 0 Å². The van der Waals surface area contributed by atoms with Gasteiger partial charge in [0, 0.05) is 50.3 Å². The molecule has 0 saturated heterocycles. The molecule has 4 heteroatoms. The molecule has 48 heavy (non-hydrogen) atoms. The Morgan fingerprint density at radius 1 is 0.458 bits per heavy atom. The van der Waals surface area contributed by atoms with Gasteiger partial charge in [-0.2, -0.15) is 0 Å². The highest BCUT2D eigenvalue weighted by Gasteiger charge is 2.31. The largest absolute Gasteiger partial charge is 0.361 e. The summed E-state index contributed by atoms with van der Waals surface area (Å²) in [7, 11) is 0. The second-order valence-corrected chi connectivity index (χ2v) is 12.9. The number of H-pyrrole nitrogens is 3. The minimum Gasteiger partial charge on any atom is -0.361 e. The van der Waals surface area contributed by atoms with Crippen LogP contribution in [0, 0.1) is 0 Å². The Morgan fingerprint density at radius 2 is 1.00 bits per heavy atom. The van der Waals surface area contributed by atoms with Crippen molar-refractivity contribution in [3.63, 3.8) is 0 Å². The van der Waals surface area contributed by atoms with E-state index in [1.807, 2.05) is 0 Å². The zero-order valence-corrected chi connectivity index (χ0v) is 26.6. The van der Waals surface area contributed by atoms with Crippen molar-refractivity contribution in [2.75, 3.05) is 0 Å². The standard InChI is InChI=1S/C44H36N4/c1-5-13-29(14-6-1)41-33-21-23-35(45-33)42(30-15-7-2-8-16-30)37-25-27-39(47-37)44(32-19-11-4-12-20-32)40-28-26-38(48-40)43(31-17-9-3-10-18-31)36-24-22-34(41)46-36/h1-25,27,38,42,44-47H,26,28H2. The molecule has 3 aromatic heterocycles. The van der Waals surface area contributed by atoms with Gasteiger partial charge in [0.1, 0.15) is 0 Å². The molecule has 7 aromatic rings. The second-order valence-electron chi connectivity index (χ2n) is 12.9. The maximum absolute atomic E-state index is 5.59. The number of aromatic amines is 3. The maximum atomic E-state index is 5.59. The van der Waals surface area contributed by atoms with E-state index in [0.29, 0.717) is 0 Å². The van der Waals surface area contributed by atoms with Gasteiger partial charge in [0.2, 0.25) is 0 Å². The Hall–Kier alpha value is -5.87. The zero-order valence-electron chi connectivity index (χ0n) is 26.6. The average molecular weight is 621 g/mol. The summed E-state index contributed by atoms with van der Waals surface area (Å²) in [5, 5.41) is 2.19. The molecule has 5 heterocycles. The quantitative estimate of drug-likeness (QED) is 0.178. The first-order valence-corrected chi connectivity index (χ1v) is 16.9. The van der Waals surface area contributed by atoms with Crippen LogP contribution >= 0.6 is 0 Å². The number of hydrogen-bond acceptors (Lipinski definition) is 1. The third-order valence-electron chi connectivity index (χ3n) is 9.96. The fourth-order valence-corrected chi connectivity index (χ4v) is 7.81. The van der Waals surface area contributed by atoms with Gasteiger partial charge < -0.3 is 15.0 Å². The number of benzene rings is 4. The van der Waals surface area contributed by atoms with Crippen LogP contribution in [0.3, 0.4) is 0 Å². The van der Waals surface area contributed by atoms with Crippen molar-refractivity contribution in [3.8, 4) is 0 Å². The fourth-order valence-electron chi connectivity index (χ4n) is 7.81. The van der Waals surface area contributed by atoms with E-state index in [-0.39, 0.29) is 17.9 Å². The minimum absolute atomic E-state index is 0.00513. The van der Waals surface area contributed by atoms with Crippen molar-refractivity contribution >= 4 is 16.9 Å². The SMILES string of the molecule is c1ccc(C2=c3ccc([nH]3)=C(c3ccccc3)C3CCC(=N3)C(c3ccccc3)c3ccc([nH]3)C(c3ccccc3)c3ccc2[nH]3)cc1. The first-order valence-electron chi connectivity index (χ1n) is 16.9. The molecule has 2 aliphatic rings. The van der Waals surface area contributed by atoms with E-state index in [1.54, 1.807) is 0 Å². The van der Waals surface area contributed by atoms with Crippen molar-refractivity contribution in [3.05, 3.63) is 213 Å². The Morgan fingerprint density at radius 3 is 1.69 bits per heavy atom. The number of fused-ring (bicyclic) bond motifs is 7. The van der Waals surface area contributed by atoms with Gasteiger partial charge in [0.15, 0.2) is 0 Å².